The molecule has 0 saturated heterocycles. The van der Waals surface area contributed by atoms with Gasteiger partial charge in [-0.05, 0) is 30.1 Å². The van der Waals surface area contributed by atoms with Gasteiger partial charge in [-0.15, -0.1) is 0 Å². The van der Waals surface area contributed by atoms with Crippen LogP contribution in [0.4, 0.5) is 5.69 Å². The van der Waals surface area contributed by atoms with Gasteiger partial charge in [-0.25, -0.2) is 0 Å². The van der Waals surface area contributed by atoms with Gasteiger partial charge in [0, 0.05) is 18.8 Å². The van der Waals surface area contributed by atoms with Crippen LogP contribution in [0.25, 0.3) is 0 Å². The molecule has 98 valence electrons. The van der Waals surface area contributed by atoms with Crippen molar-refractivity contribution in [3.63, 3.8) is 0 Å². The van der Waals surface area contributed by atoms with Gasteiger partial charge in [0.05, 0.1) is 0 Å². The van der Waals surface area contributed by atoms with E-state index in [-0.39, 0.29) is 0 Å². The molecule has 0 fully saturated rings. The molecule has 0 aromatic heterocycles. The summed E-state index contributed by atoms with van der Waals surface area (Å²) in [5, 5.41) is 18.8. The molecule has 2 rings (SSSR count). The standard InChI is InChI=1S/C15H18BNO2/c1-2-17(14-9-4-3-5-10-14)12-13-8-6-7-11-15(13)16(18)19/h3-11,18-19H,2,12H2,1H3. The second-order valence-corrected chi connectivity index (χ2v) is 4.42. The van der Waals surface area contributed by atoms with Crippen LogP contribution in [-0.2, 0) is 6.54 Å². The molecule has 0 bridgehead atoms. The molecule has 0 heterocycles. The molecule has 2 aromatic rings. The Labute approximate surface area is 114 Å². The third-order valence-electron chi connectivity index (χ3n) is 3.20. The monoisotopic (exact) mass is 255 g/mol. The molecule has 0 aliphatic heterocycles. The first-order chi connectivity index (χ1) is 9.22. The van der Waals surface area contributed by atoms with Crippen molar-refractivity contribution >= 4 is 18.3 Å². The van der Waals surface area contributed by atoms with Crippen molar-refractivity contribution in [1.82, 2.24) is 0 Å². The first-order valence-electron chi connectivity index (χ1n) is 6.46. The van der Waals surface area contributed by atoms with E-state index in [1.807, 2.05) is 36.4 Å². The third-order valence-corrected chi connectivity index (χ3v) is 3.20. The summed E-state index contributed by atoms with van der Waals surface area (Å²) in [4.78, 5) is 2.20. The molecule has 0 aliphatic carbocycles. The van der Waals surface area contributed by atoms with Gasteiger partial charge in [-0.1, -0.05) is 42.5 Å². The van der Waals surface area contributed by atoms with Crippen LogP contribution >= 0.6 is 0 Å². The van der Waals surface area contributed by atoms with Crippen molar-refractivity contribution < 1.29 is 10.0 Å². The smallest absolute Gasteiger partial charge is 0.423 e. The third kappa shape index (κ3) is 3.37. The van der Waals surface area contributed by atoms with E-state index in [0.717, 1.165) is 17.8 Å². The Balaban J connectivity index is 2.24. The number of para-hydroxylation sites is 1. The Kier molecular flexibility index (Phi) is 4.60. The van der Waals surface area contributed by atoms with Crippen molar-refractivity contribution in [2.45, 2.75) is 13.5 Å². The summed E-state index contributed by atoms with van der Waals surface area (Å²) in [6.07, 6.45) is 0. The van der Waals surface area contributed by atoms with E-state index in [2.05, 4.69) is 24.0 Å². The van der Waals surface area contributed by atoms with E-state index < -0.39 is 7.12 Å². The zero-order valence-corrected chi connectivity index (χ0v) is 11.0. The lowest BCUT2D eigenvalue weighted by Crippen LogP contribution is -2.35. The van der Waals surface area contributed by atoms with Crippen LogP contribution in [0.3, 0.4) is 0 Å². The van der Waals surface area contributed by atoms with E-state index in [1.54, 1.807) is 6.07 Å². The zero-order valence-electron chi connectivity index (χ0n) is 11.0. The van der Waals surface area contributed by atoms with Crippen LogP contribution in [0.1, 0.15) is 12.5 Å². The van der Waals surface area contributed by atoms with Gasteiger partial charge in [0.1, 0.15) is 0 Å². The highest BCUT2D eigenvalue weighted by Crippen LogP contribution is 2.15. The zero-order chi connectivity index (χ0) is 13.7. The molecule has 0 unspecified atom stereocenters. The summed E-state index contributed by atoms with van der Waals surface area (Å²) < 4.78 is 0. The minimum absolute atomic E-state index is 0.567. The van der Waals surface area contributed by atoms with Gasteiger partial charge < -0.3 is 14.9 Å². The fraction of sp³-hybridized carbons (Fsp3) is 0.200. The summed E-state index contributed by atoms with van der Waals surface area (Å²) in [5.74, 6) is 0. The molecular formula is C15H18BNO2. The highest BCUT2D eigenvalue weighted by atomic mass is 16.4. The normalized spacial score (nSPS) is 10.3. The molecule has 19 heavy (non-hydrogen) atoms. The van der Waals surface area contributed by atoms with Crippen LogP contribution in [0, 0.1) is 0 Å². The van der Waals surface area contributed by atoms with Gasteiger partial charge >= 0.3 is 7.12 Å². The van der Waals surface area contributed by atoms with Gasteiger partial charge in [0.25, 0.3) is 0 Å². The number of anilines is 1. The topological polar surface area (TPSA) is 43.7 Å². The molecule has 2 aromatic carbocycles. The molecule has 0 aliphatic rings. The molecular weight excluding hydrogens is 237 g/mol. The van der Waals surface area contributed by atoms with E-state index in [1.165, 1.54) is 0 Å². The van der Waals surface area contributed by atoms with Gasteiger partial charge in [0.15, 0.2) is 0 Å². The van der Waals surface area contributed by atoms with Crippen LogP contribution < -0.4 is 10.4 Å². The lowest BCUT2D eigenvalue weighted by Gasteiger charge is -2.24. The first-order valence-corrected chi connectivity index (χ1v) is 6.46. The lowest BCUT2D eigenvalue weighted by molar-refractivity contribution is 0.425. The Hall–Kier alpha value is -1.78. The van der Waals surface area contributed by atoms with Crippen LogP contribution in [0.5, 0.6) is 0 Å². The number of hydrogen-bond acceptors (Lipinski definition) is 3. The second-order valence-electron chi connectivity index (χ2n) is 4.42. The summed E-state index contributed by atoms with van der Waals surface area (Å²) >= 11 is 0. The van der Waals surface area contributed by atoms with Crippen molar-refractivity contribution in [3.05, 3.63) is 60.2 Å². The fourth-order valence-electron chi connectivity index (χ4n) is 2.16. The average Bonchev–Trinajstić information content (AvgIpc) is 2.46. The Bertz CT molecular complexity index is 517. The molecule has 0 radical (unpaired) electrons. The Morgan fingerprint density at radius 1 is 0.947 bits per heavy atom. The van der Waals surface area contributed by atoms with Crippen molar-refractivity contribution in [1.29, 1.82) is 0 Å². The second kappa shape index (κ2) is 6.41. The molecule has 4 heteroatoms. The van der Waals surface area contributed by atoms with E-state index in [9.17, 15) is 10.0 Å². The summed E-state index contributed by atoms with van der Waals surface area (Å²) in [5.41, 5.74) is 2.63. The number of rotatable bonds is 5. The van der Waals surface area contributed by atoms with E-state index in [4.69, 9.17) is 0 Å². The van der Waals surface area contributed by atoms with E-state index >= 15 is 0 Å². The highest BCUT2D eigenvalue weighted by Gasteiger charge is 2.16. The fourth-order valence-corrected chi connectivity index (χ4v) is 2.16. The molecule has 0 amide bonds. The maximum atomic E-state index is 9.40. The van der Waals surface area contributed by atoms with Crippen molar-refractivity contribution in [3.8, 4) is 0 Å². The summed E-state index contributed by atoms with van der Waals surface area (Å²) in [6, 6.07) is 17.5. The van der Waals surface area contributed by atoms with Gasteiger partial charge in [-0.3, -0.25) is 0 Å². The predicted octanol–water partition coefficient (Wildman–Crippen LogP) is 1.39. The first kappa shape index (κ1) is 13.7. The molecule has 0 spiro atoms. The summed E-state index contributed by atoms with van der Waals surface area (Å²) in [6.45, 7) is 3.61. The predicted molar refractivity (Wildman–Crippen MR) is 79.4 cm³/mol. The van der Waals surface area contributed by atoms with Gasteiger partial charge in [-0.2, -0.15) is 0 Å². The van der Waals surface area contributed by atoms with Gasteiger partial charge in [0.2, 0.25) is 0 Å². The molecule has 2 N–H and O–H groups in total. The quantitative estimate of drug-likeness (QED) is 0.793. The maximum Gasteiger partial charge on any atom is 0.488 e. The SMILES string of the molecule is CCN(Cc1ccccc1B(O)O)c1ccccc1. The number of nitrogens with zero attached hydrogens (tertiary/aromatic N) is 1. The van der Waals surface area contributed by atoms with Crippen LogP contribution in [0.15, 0.2) is 54.6 Å². The number of hydrogen-bond donors (Lipinski definition) is 2. The van der Waals surface area contributed by atoms with Crippen molar-refractivity contribution in [2.24, 2.45) is 0 Å². The molecule has 0 atom stereocenters. The minimum Gasteiger partial charge on any atom is -0.423 e. The maximum absolute atomic E-state index is 9.40. The lowest BCUT2D eigenvalue weighted by atomic mass is 9.77. The highest BCUT2D eigenvalue weighted by molar-refractivity contribution is 6.59. The number of benzene rings is 2. The van der Waals surface area contributed by atoms with Crippen LogP contribution in [0.2, 0.25) is 0 Å². The molecule has 3 nitrogen and oxygen atoms in total. The van der Waals surface area contributed by atoms with E-state index in [0.29, 0.717) is 12.0 Å². The van der Waals surface area contributed by atoms with Crippen LogP contribution in [-0.4, -0.2) is 23.7 Å². The Morgan fingerprint density at radius 2 is 1.58 bits per heavy atom. The largest absolute Gasteiger partial charge is 0.488 e. The molecule has 0 saturated carbocycles. The summed E-state index contributed by atoms with van der Waals surface area (Å²) in [7, 11) is -1.43. The average molecular weight is 255 g/mol. The Morgan fingerprint density at radius 3 is 2.21 bits per heavy atom. The minimum atomic E-state index is -1.43. The van der Waals surface area contributed by atoms with Crippen molar-refractivity contribution in [2.75, 3.05) is 11.4 Å².